The van der Waals surface area contributed by atoms with E-state index >= 15 is 0 Å². The highest BCUT2D eigenvalue weighted by molar-refractivity contribution is 6.15. The molecule has 0 spiro atoms. The van der Waals surface area contributed by atoms with Gasteiger partial charge in [0, 0.05) is 44.5 Å². The predicted octanol–water partition coefficient (Wildman–Crippen LogP) is 12.9. The molecule has 12 aromatic rings. The monoisotopic (exact) mass is 1730 g/mol. The van der Waals surface area contributed by atoms with Crippen LogP contribution in [-0.2, 0) is 0 Å². The molecule has 0 unspecified atom stereocenters. The molecular formula is C85H70F6O33. The number of rotatable bonds is 12. The van der Waals surface area contributed by atoms with E-state index in [1.165, 1.54) is 65.8 Å². The van der Waals surface area contributed by atoms with Crippen molar-refractivity contribution < 1.29 is 193 Å². The first-order valence-electron chi connectivity index (χ1n) is 34.0. The molecule has 0 aliphatic heterocycles. The number of benzene rings is 12. The Kier molecular flexibility index (Phi) is 29.4. The van der Waals surface area contributed by atoms with E-state index < -0.39 is 230 Å². The summed E-state index contributed by atoms with van der Waals surface area (Å²) < 4.78 is 80.2. The van der Waals surface area contributed by atoms with Crippen LogP contribution in [0.25, 0.3) is 0 Å². The summed E-state index contributed by atoms with van der Waals surface area (Å²) in [7, 11) is 0. The maximum Gasteiger partial charge on any atom is 0.211 e. The maximum absolute atomic E-state index is 13.8. The number of phenolic OH excluding ortho intramolecular Hbond substituents is 27. The molecule has 0 amide bonds. The molecule has 12 aromatic carbocycles. The summed E-state index contributed by atoms with van der Waals surface area (Å²) in [5, 5.41) is 254. The van der Waals surface area contributed by atoms with Crippen LogP contribution >= 0.6 is 0 Å². The number of halogens is 6. The first-order chi connectivity index (χ1) is 57.2. The fourth-order valence-corrected chi connectivity index (χ4v) is 10.7. The van der Waals surface area contributed by atoms with Crippen molar-refractivity contribution in [1.29, 1.82) is 0 Å². The summed E-state index contributed by atoms with van der Waals surface area (Å²) >= 11 is 0. The lowest BCUT2D eigenvalue weighted by molar-refractivity contribution is 0.102. The van der Waals surface area contributed by atoms with Gasteiger partial charge in [-0.05, 0) is 191 Å². The quantitative estimate of drug-likeness (QED) is 0.0234. The van der Waals surface area contributed by atoms with Crippen LogP contribution in [0, 0.1) is 76.4 Å². The van der Waals surface area contributed by atoms with E-state index in [0.717, 1.165) is 84.9 Å². The molecule has 27 N–H and O–H groups in total. The van der Waals surface area contributed by atoms with Crippen LogP contribution in [0.2, 0.25) is 0 Å². The number of hydrogen-bond donors (Lipinski definition) is 27. The van der Waals surface area contributed by atoms with Gasteiger partial charge in [0.05, 0.1) is 33.4 Å². The molecule has 39 heteroatoms. The second kappa shape index (κ2) is 38.1. The smallest absolute Gasteiger partial charge is 0.211 e. The van der Waals surface area contributed by atoms with Crippen molar-refractivity contribution >= 4 is 34.7 Å². The van der Waals surface area contributed by atoms with Crippen molar-refractivity contribution in [3.63, 3.8) is 0 Å². The van der Waals surface area contributed by atoms with Gasteiger partial charge in [-0.1, -0.05) is 7.43 Å². The van der Waals surface area contributed by atoms with E-state index in [2.05, 4.69) is 0 Å². The maximum atomic E-state index is 13.8. The van der Waals surface area contributed by atoms with Crippen LogP contribution in [0.5, 0.6) is 155 Å². The first-order valence-corrected chi connectivity index (χ1v) is 34.0. The molecule has 0 saturated carbocycles. The number of aromatic hydroxyl groups is 27. The lowest BCUT2D eigenvalue weighted by Gasteiger charge is -2.09. The highest BCUT2D eigenvalue weighted by Gasteiger charge is 2.30. The van der Waals surface area contributed by atoms with Crippen LogP contribution in [0.1, 0.15) is 136 Å². The van der Waals surface area contributed by atoms with Crippen molar-refractivity contribution in [2.45, 2.75) is 49.0 Å². The standard InChI is InChI=1S/3C14H11FO6.3C14H11FO5.CH4/c1-5-2-6(3-9(17)11(5)18)12(19)7-4-8(16)10(15)14(21)13(7)20;1-5-2-6(3-8(16)11(5)18)12(19)7-4-9(17)14(21)10(15)13(7)20;1-5-2-6(3-8(16)11(5)18)12(19)7-4-9(17)13(20)14(21)10(7)15;1-6-9(15)4-7(5-11(6)17)12(18)8-2-3-10(16)14(20)13(8)19;1-6-10(16)4-7(5-11(6)17)12(18)8-2-3-9(15)14(20)13(8)19;1-6-4-7(5-10(17)11(6)15)12(18)8-2-3-9(16)14(20)13(8)19;/h3*2-4,16-18,20-21H,1H3;3*2-5,16-17,19-20H,1H3;1H4. The fourth-order valence-electron chi connectivity index (χ4n) is 10.7. The summed E-state index contributed by atoms with van der Waals surface area (Å²) in [5.74, 6) is -32.6. The van der Waals surface area contributed by atoms with Gasteiger partial charge < -0.3 is 138 Å². The zero-order valence-electron chi connectivity index (χ0n) is 63.4. The number of phenols is 27. The Labute approximate surface area is 691 Å². The molecule has 0 aliphatic rings. The highest BCUT2D eigenvalue weighted by atomic mass is 19.1. The van der Waals surface area contributed by atoms with Gasteiger partial charge in [-0.3, -0.25) is 28.8 Å². The van der Waals surface area contributed by atoms with Crippen molar-refractivity contribution in [1.82, 2.24) is 0 Å². The topological polar surface area (TPSA) is 649 Å². The van der Waals surface area contributed by atoms with E-state index in [-0.39, 0.29) is 102 Å². The summed E-state index contributed by atoms with van der Waals surface area (Å²) in [6, 6.07) is 20.9. The van der Waals surface area contributed by atoms with Crippen molar-refractivity contribution in [2.24, 2.45) is 0 Å². The molecule has 0 radical (unpaired) electrons. The Morgan fingerprint density at radius 1 is 0.185 bits per heavy atom. The lowest BCUT2D eigenvalue weighted by atomic mass is 9.99. The highest BCUT2D eigenvalue weighted by Crippen LogP contribution is 2.46. The van der Waals surface area contributed by atoms with Crippen molar-refractivity contribution in [2.75, 3.05) is 0 Å². The third kappa shape index (κ3) is 20.0. The predicted molar refractivity (Wildman–Crippen MR) is 418 cm³/mol. The van der Waals surface area contributed by atoms with Gasteiger partial charge in [-0.2, -0.15) is 8.78 Å². The van der Waals surface area contributed by atoms with Crippen LogP contribution in [0.3, 0.4) is 0 Å². The van der Waals surface area contributed by atoms with E-state index in [9.17, 15) is 183 Å². The molecular weight excluding hydrogens is 1660 g/mol. The molecule has 12 rings (SSSR count). The molecule has 0 fully saturated rings. The van der Waals surface area contributed by atoms with Gasteiger partial charge >= 0.3 is 0 Å². The zero-order chi connectivity index (χ0) is 92.8. The second-order valence-electron chi connectivity index (χ2n) is 26.1. The molecule has 0 aromatic heterocycles. The molecule has 650 valence electrons. The molecule has 0 saturated heterocycles. The third-order valence-corrected chi connectivity index (χ3v) is 17.7. The minimum atomic E-state index is -1.53. The van der Waals surface area contributed by atoms with Gasteiger partial charge in [0.25, 0.3) is 0 Å². The van der Waals surface area contributed by atoms with Gasteiger partial charge in [0.1, 0.15) is 23.1 Å². The van der Waals surface area contributed by atoms with E-state index in [1.54, 1.807) is 0 Å². The van der Waals surface area contributed by atoms with Gasteiger partial charge in [0.2, 0.25) is 28.9 Å². The third-order valence-electron chi connectivity index (χ3n) is 17.7. The average Bonchev–Trinajstić information content (AvgIpc) is 0.810. The SMILES string of the molecule is C.Cc1c(O)cc(C(=O)c2ccc(F)c(O)c2O)cc1O.Cc1c(O)cc(C(=O)c2ccc(O)c(O)c2O)cc1F.Cc1cc(C(=O)c2cc(O)c(F)c(O)c2O)cc(O)c1O.Cc1cc(C(=O)c2cc(O)c(O)c(F)c2O)cc(O)c1O.Cc1cc(C(=O)c2cc(O)c(O)c(O)c2F)cc(O)c1O.Cc1cc(C(=O)c2ccc(O)c(O)c2O)cc(O)c1F. The number of ketones is 6. The number of carbonyl (C=O) groups excluding carboxylic acids is 6. The summed E-state index contributed by atoms with van der Waals surface area (Å²) in [6.45, 7) is 8.47. The van der Waals surface area contributed by atoms with Crippen LogP contribution < -0.4 is 0 Å². The summed E-state index contributed by atoms with van der Waals surface area (Å²) in [4.78, 5) is 73.0. The Morgan fingerprint density at radius 3 is 0.847 bits per heavy atom. The number of hydrogen-bond acceptors (Lipinski definition) is 33. The molecule has 124 heavy (non-hydrogen) atoms. The molecule has 0 aliphatic carbocycles. The second-order valence-corrected chi connectivity index (χ2v) is 26.1. The van der Waals surface area contributed by atoms with E-state index in [4.69, 9.17) is 10.2 Å². The van der Waals surface area contributed by atoms with E-state index in [1.807, 2.05) is 0 Å². The van der Waals surface area contributed by atoms with Crippen molar-refractivity contribution in [3.05, 3.63) is 262 Å². The van der Waals surface area contributed by atoms with Crippen molar-refractivity contribution in [3.8, 4) is 155 Å². The fraction of sp³-hybridized carbons (Fsp3) is 0.0824. The largest absolute Gasteiger partial charge is 0.508 e. The van der Waals surface area contributed by atoms with Gasteiger partial charge in [0.15, 0.2) is 173 Å². The van der Waals surface area contributed by atoms with Crippen LogP contribution in [0.15, 0.2) is 127 Å². The minimum absolute atomic E-state index is 0. The van der Waals surface area contributed by atoms with Crippen LogP contribution in [0.4, 0.5) is 26.3 Å². The minimum Gasteiger partial charge on any atom is -0.508 e. The Balaban J connectivity index is 0.000000230. The van der Waals surface area contributed by atoms with Crippen LogP contribution in [-0.4, -0.2) is 173 Å². The average molecular weight is 1730 g/mol. The summed E-state index contributed by atoms with van der Waals surface area (Å²) in [6.07, 6.45) is 0. The molecule has 0 atom stereocenters. The number of carbonyl (C=O) groups is 6. The van der Waals surface area contributed by atoms with Gasteiger partial charge in [-0.25, -0.2) is 17.6 Å². The first kappa shape index (κ1) is 95.7. The lowest BCUT2D eigenvalue weighted by Crippen LogP contribution is -2.05. The van der Waals surface area contributed by atoms with Gasteiger partial charge in [-0.15, -0.1) is 0 Å². The molecule has 0 bridgehead atoms. The van der Waals surface area contributed by atoms with E-state index in [0.29, 0.717) is 18.2 Å². The summed E-state index contributed by atoms with van der Waals surface area (Å²) in [5.41, 5.74) is -2.67. The Hall–Kier alpha value is -17.2. The normalized spacial score (nSPS) is 10.5. The molecule has 33 nitrogen and oxygen atoms in total. The Bertz CT molecular complexity index is 5610. The molecule has 0 heterocycles. The number of aryl methyl sites for hydroxylation is 4. The Morgan fingerprint density at radius 2 is 0.452 bits per heavy atom. The zero-order valence-corrected chi connectivity index (χ0v) is 63.4.